The Hall–Kier alpha value is -0.440. The Kier molecular flexibility index (Phi) is 5.16. The van der Waals surface area contributed by atoms with E-state index in [0.717, 1.165) is 5.69 Å². The van der Waals surface area contributed by atoms with Crippen LogP contribution >= 0.6 is 23.2 Å². The first-order valence-electron chi connectivity index (χ1n) is 6.63. The van der Waals surface area contributed by atoms with E-state index in [2.05, 4.69) is 17.1 Å². The van der Waals surface area contributed by atoms with Crippen LogP contribution in [0, 0.1) is 0 Å². The molecule has 0 saturated carbocycles. The maximum absolute atomic E-state index is 6.19. The first-order valence-corrected chi connectivity index (χ1v) is 7.39. The third-order valence-corrected chi connectivity index (χ3v) is 4.26. The molecule has 0 unspecified atom stereocenters. The van der Waals surface area contributed by atoms with Gasteiger partial charge in [0.2, 0.25) is 0 Å². The zero-order valence-electron chi connectivity index (χ0n) is 10.8. The number of likely N-dealkylation sites (tertiary alicyclic amines) is 1. The number of hydrogen-bond acceptors (Lipinski definition) is 2. The summed E-state index contributed by atoms with van der Waals surface area (Å²) in [6.45, 7) is 5.79. The van der Waals surface area contributed by atoms with E-state index in [1.165, 1.54) is 38.9 Å². The molecule has 0 spiro atoms. The summed E-state index contributed by atoms with van der Waals surface area (Å²) in [6, 6.07) is 6.25. The molecule has 1 aromatic carbocycles. The lowest BCUT2D eigenvalue weighted by atomic mass is 10.0. The fourth-order valence-electron chi connectivity index (χ4n) is 2.45. The molecule has 1 aromatic rings. The Bertz CT molecular complexity index is 387. The molecular weight excluding hydrogens is 267 g/mol. The highest BCUT2D eigenvalue weighted by Gasteiger charge is 2.19. The summed E-state index contributed by atoms with van der Waals surface area (Å²) < 4.78 is 0. The highest BCUT2D eigenvalue weighted by atomic mass is 35.5. The van der Waals surface area contributed by atoms with Crippen molar-refractivity contribution in [2.45, 2.75) is 32.2 Å². The molecule has 1 aliphatic rings. The fraction of sp³-hybridized carbons (Fsp3) is 0.571. The van der Waals surface area contributed by atoms with Gasteiger partial charge < -0.3 is 10.2 Å². The summed E-state index contributed by atoms with van der Waals surface area (Å²) >= 11 is 12.2. The quantitative estimate of drug-likeness (QED) is 0.889. The summed E-state index contributed by atoms with van der Waals surface area (Å²) in [5.74, 6) is 0. The molecule has 1 aliphatic heterocycles. The molecule has 4 heteroatoms. The van der Waals surface area contributed by atoms with Gasteiger partial charge in [0.05, 0.1) is 15.7 Å². The van der Waals surface area contributed by atoms with E-state index in [0.29, 0.717) is 16.1 Å². The summed E-state index contributed by atoms with van der Waals surface area (Å²) in [5, 5.41) is 4.76. The summed E-state index contributed by atoms with van der Waals surface area (Å²) in [4.78, 5) is 2.53. The van der Waals surface area contributed by atoms with E-state index >= 15 is 0 Å². The largest absolute Gasteiger partial charge is 0.381 e. The van der Waals surface area contributed by atoms with Crippen molar-refractivity contribution < 1.29 is 0 Å². The van der Waals surface area contributed by atoms with Gasteiger partial charge in [-0.15, -0.1) is 0 Å². The number of hydrogen-bond donors (Lipinski definition) is 1. The Morgan fingerprint density at radius 2 is 2.00 bits per heavy atom. The number of halogens is 2. The minimum atomic E-state index is 0.508. The molecule has 0 bridgehead atoms. The molecule has 1 fully saturated rings. The van der Waals surface area contributed by atoms with Crippen LogP contribution in [-0.2, 0) is 0 Å². The minimum Gasteiger partial charge on any atom is -0.381 e. The Morgan fingerprint density at radius 3 is 2.67 bits per heavy atom. The van der Waals surface area contributed by atoms with E-state index in [-0.39, 0.29) is 0 Å². The van der Waals surface area contributed by atoms with Crippen molar-refractivity contribution in [3.63, 3.8) is 0 Å². The lowest BCUT2D eigenvalue weighted by Crippen LogP contribution is -2.39. The number of nitrogens with zero attached hydrogens (tertiary/aromatic N) is 1. The average Bonchev–Trinajstić information content (AvgIpc) is 2.38. The predicted molar refractivity (Wildman–Crippen MR) is 79.8 cm³/mol. The predicted octanol–water partition coefficient (Wildman–Crippen LogP) is 4.28. The third-order valence-electron chi connectivity index (χ3n) is 3.44. The topological polar surface area (TPSA) is 15.3 Å². The lowest BCUT2D eigenvalue weighted by molar-refractivity contribution is 0.219. The normalized spacial score (nSPS) is 17.9. The summed E-state index contributed by atoms with van der Waals surface area (Å²) in [5.41, 5.74) is 0.957. The van der Waals surface area contributed by atoms with Gasteiger partial charge in [-0.2, -0.15) is 0 Å². The molecule has 0 atom stereocenters. The number of anilines is 1. The van der Waals surface area contributed by atoms with Crippen LogP contribution in [0.15, 0.2) is 18.2 Å². The Morgan fingerprint density at radius 1 is 1.28 bits per heavy atom. The van der Waals surface area contributed by atoms with Crippen molar-refractivity contribution in [2.75, 3.05) is 25.0 Å². The molecule has 18 heavy (non-hydrogen) atoms. The van der Waals surface area contributed by atoms with E-state index < -0.39 is 0 Å². The second kappa shape index (κ2) is 6.65. The van der Waals surface area contributed by atoms with Crippen LogP contribution < -0.4 is 5.32 Å². The van der Waals surface area contributed by atoms with Crippen LogP contribution in [0.2, 0.25) is 10.0 Å². The zero-order chi connectivity index (χ0) is 13.0. The maximum atomic E-state index is 6.19. The van der Waals surface area contributed by atoms with Crippen molar-refractivity contribution in [1.29, 1.82) is 0 Å². The van der Waals surface area contributed by atoms with Crippen molar-refractivity contribution in [1.82, 2.24) is 4.90 Å². The highest BCUT2D eigenvalue weighted by molar-refractivity contribution is 6.43. The van der Waals surface area contributed by atoms with Gasteiger partial charge in [0, 0.05) is 19.1 Å². The molecule has 1 saturated heterocycles. The van der Waals surface area contributed by atoms with Crippen molar-refractivity contribution in [2.24, 2.45) is 0 Å². The molecular formula is C14H20Cl2N2. The molecule has 2 rings (SSSR count). The van der Waals surface area contributed by atoms with E-state index in [4.69, 9.17) is 23.2 Å². The molecule has 100 valence electrons. The average molecular weight is 287 g/mol. The molecule has 0 aromatic heterocycles. The van der Waals surface area contributed by atoms with Gasteiger partial charge in [-0.3, -0.25) is 0 Å². The fourth-order valence-corrected chi connectivity index (χ4v) is 2.81. The van der Waals surface area contributed by atoms with Crippen molar-refractivity contribution >= 4 is 28.9 Å². The minimum absolute atomic E-state index is 0.508. The Labute approximate surface area is 119 Å². The first kappa shape index (κ1) is 14.0. The van der Waals surface area contributed by atoms with Crippen molar-refractivity contribution in [3.05, 3.63) is 28.2 Å². The summed E-state index contributed by atoms with van der Waals surface area (Å²) in [7, 11) is 0. The van der Waals surface area contributed by atoms with Crippen LogP contribution in [0.3, 0.4) is 0 Å². The summed E-state index contributed by atoms with van der Waals surface area (Å²) in [6.07, 6.45) is 3.57. The molecule has 0 aliphatic carbocycles. The van der Waals surface area contributed by atoms with Crippen LogP contribution in [0.4, 0.5) is 5.69 Å². The number of benzene rings is 1. The second-order valence-corrected chi connectivity index (χ2v) is 5.65. The molecule has 0 radical (unpaired) electrons. The van der Waals surface area contributed by atoms with E-state index in [1.807, 2.05) is 18.2 Å². The number of piperidine rings is 1. The Balaban J connectivity index is 1.90. The first-order chi connectivity index (χ1) is 8.70. The third kappa shape index (κ3) is 3.53. The smallest absolute Gasteiger partial charge is 0.0823 e. The second-order valence-electron chi connectivity index (χ2n) is 4.86. The van der Waals surface area contributed by atoms with Crippen LogP contribution in [0.25, 0.3) is 0 Å². The highest BCUT2D eigenvalue weighted by Crippen LogP contribution is 2.30. The van der Waals surface area contributed by atoms with Gasteiger partial charge in [0.15, 0.2) is 0 Å². The molecule has 2 nitrogen and oxygen atoms in total. The van der Waals surface area contributed by atoms with Crippen LogP contribution in [0.1, 0.15) is 26.2 Å². The van der Waals surface area contributed by atoms with Crippen LogP contribution in [-0.4, -0.2) is 30.6 Å². The lowest BCUT2D eigenvalue weighted by Gasteiger charge is -2.32. The van der Waals surface area contributed by atoms with Crippen LogP contribution in [0.5, 0.6) is 0 Å². The standard InChI is InChI=1S/C14H20Cl2N2/c1-2-8-18-9-6-11(7-10-18)17-13-5-3-4-12(15)14(13)16/h3-5,11,17H,2,6-10H2,1H3. The SMILES string of the molecule is CCCN1CCC(Nc2cccc(Cl)c2Cl)CC1. The van der Waals surface area contributed by atoms with Crippen molar-refractivity contribution in [3.8, 4) is 0 Å². The van der Waals surface area contributed by atoms with Gasteiger partial charge in [0.1, 0.15) is 0 Å². The zero-order valence-corrected chi connectivity index (χ0v) is 12.3. The van der Waals surface area contributed by atoms with Gasteiger partial charge >= 0.3 is 0 Å². The van der Waals surface area contributed by atoms with E-state index in [1.54, 1.807) is 0 Å². The number of rotatable bonds is 4. The molecule has 1 heterocycles. The molecule has 0 amide bonds. The molecule has 1 N–H and O–H groups in total. The van der Waals surface area contributed by atoms with E-state index in [9.17, 15) is 0 Å². The van der Waals surface area contributed by atoms with Gasteiger partial charge in [0.25, 0.3) is 0 Å². The monoisotopic (exact) mass is 286 g/mol. The van der Waals surface area contributed by atoms with Gasteiger partial charge in [-0.25, -0.2) is 0 Å². The van der Waals surface area contributed by atoms with Gasteiger partial charge in [-0.1, -0.05) is 36.2 Å². The van der Waals surface area contributed by atoms with Gasteiger partial charge in [-0.05, 0) is 37.9 Å². The number of nitrogens with one attached hydrogen (secondary N) is 1. The maximum Gasteiger partial charge on any atom is 0.0823 e.